The van der Waals surface area contributed by atoms with Crippen molar-refractivity contribution in [1.29, 1.82) is 0 Å². The molecule has 1 aromatic heterocycles. The van der Waals surface area contributed by atoms with Crippen LogP contribution in [0.2, 0.25) is 0 Å². The van der Waals surface area contributed by atoms with E-state index >= 15 is 0 Å². The minimum absolute atomic E-state index is 0.110. The monoisotopic (exact) mass is 275 g/mol. The average molecular weight is 275 g/mol. The molecule has 0 bridgehead atoms. The van der Waals surface area contributed by atoms with Gasteiger partial charge in [0.15, 0.2) is 0 Å². The third-order valence-corrected chi connectivity index (χ3v) is 2.89. The number of esters is 1. The predicted molar refractivity (Wildman–Crippen MR) is 70.1 cm³/mol. The first-order valence-electron chi connectivity index (χ1n) is 5.91. The predicted octanol–water partition coefficient (Wildman–Crippen LogP) is 1.75. The second-order valence-corrected chi connectivity index (χ2v) is 4.16. The maximum Gasteiger partial charge on any atom is 0.315 e. The van der Waals surface area contributed by atoms with Crippen LogP contribution in [0, 0.1) is 10.1 Å². The summed E-state index contributed by atoms with van der Waals surface area (Å²) in [7, 11) is 1.31. The fraction of sp³-hybridized carbons (Fsp3) is 0.231. The summed E-state index contributed by atoms with van der Waals surface area (Å²) in [5.74, 6) is -0.963. The third-order valence-electron chi connectivity index (χ3n) is 2.89. The lowest BCUT2D eigenvalue weighted by Gasteiger charge is -2.14. The molecule has 7 nitrogen and oxygen atoms in total. The normalized spacial score (nSPS) is 11.8. The molecule has 0 aliphatic rings. The molecule has 1 unspecified atom stereocenters. The molecule has 0 saturated heterocycles. The zero-order valence-corrected chi connectivity index (χ0v) is 10.8. The van der Waals surface area contributed by atoms with E-state index in [1.54, 1.807) is 12.1 Å². The zero-order chi connectivity index (χ0) is 14.5. The topological polar surface area (TPSA) is 87.3 Å². The molecule has 2 rings (SSSR count). The summed E-state index contributed by atoms with van der Waals surface area (Å²) in [4.78, 5) is 22.0. The second kappa shape index (κ2) is 5.96. The Bertz CT molecular complexity index is 609. The molecule has 20 heavy (non-hydrogen) atoms. The Hall–Kier alpha value is -2.70. The Kier molecular flexibility index (Phi) is 4.09. The highest BCUT2D eigenvalue weighted by Gasteiger charge is 2.23. The smallest absolute Gasteiger partial charge is 0.315 e. The Labute approximate surface area is 114 Å². The number of nitro groups is 1. The third kappa shape index (κ3) is 3.00. The van der Waals surface area contributed by atoms with Crippen molar-refractivity contribution in [2.45, 2.75) is 12.5 Å². The van der Waals surface area contributed by atoms with Crippen LogP contribution in [0.4, 0.5) is 5.69 Å². The highest BCUT2D eigenvalue weighted by Crippen LogP contribution is 2.20. The SMILES string of the molecule is COC(=O)C(Cn1cc([N+](=O)[O-])cn1)c1ccccc1. The van der Waals surface area contributed by atoms with Crippen LogP contribution in [0.25, 0.3) is 0 Å². The van der Waals surface area contributed by atoms with E-state index in [2.05, 4.69) is 5.10 Å². The minimum atomic E-state index is -0.555. The Morgan fingerprint density at radius 2 is 2.15 bits per heavy atom. The fourth-order valence-corrected chi connectivity index (χ4v) is 1.88. The van der Waals surface area contributed by atoms with Crippen LogP contribution in [0.1, 0.15) is 11.5 Å². The van der Waals surface area contributed by atoms with Crippen LogP contribution in [0.5, 0.6) is 0 Å². The number of nitrogens with zero attached hydrogens (tertiary/aromatic N) is 3. The molecule has 0 spiro atoms. The molecule has 0 aliphatic carbocycles. The van der Waals surface area contributed by atoms with Crippen LogP contribution in [0.3, 0.4) is 0 Å². The highest BCUT2D eigenvalue weighted by molar-refractivity contribution is 5.77. The summed E-state index contributed by atoms with van der Waals surface area (Å²) < 4.78 is 6.15. The number of methoxy groups -OCH3 is 1. The van der Waals surface area contributed by atoms with Crippen molar-refractivity contribution in [3.63, 3.8) is 0 Å². The molecular formula is C13H13N3O4. The Morgan fingerprint density at radius 1 is 1.45 bits per heavy atom. The van der Waals surface area contributed by atoms with Gasteiger partial charge in [-0.05, 0) is 5.56 Å². The first kappa shape index (κ1) is 13.7. The van der Waals surface area contributed by atoms with Gasteiger partial charge in [-0.1, -0.05) is 30.3 Å². The maximum absolute atomic E-state index is 11.9. The molecule has 7 heteroatoms. The lowest BCUT2D eigenvalue weighted by atomic mass is 9.99. The van der Waals surface area contributed by atoms with Gasteiger partial charge >= 0.3 is 11.7 Å². The van der Waals surface area contributed by atoms with Gasteiger partial charge in [0, 0.05) is 0 Å². The summed E-state index contributed by atoms with van der Waals surface area (Å²) in [6.07, 6.45) is 2.44. The lowest BCUT2D eigenvalue weighted by Crippen LogP contribution is -2.20. The first-order chi connectivity index (χ1) is 9.61. The van der Waals surface area contributed by atoms with Crippen LogP contribution in [-0.2, 0) is 16.1 Å². The molecule has 1 aromatic carbocycles. The molecule has 0 fully saturated rings. The number of hydrogen-bond donors (Lipinski definition) is 0. The first-order valence-corrected chi connectivity index (χ1v) is 5.91. The number of carbonyl (C=O) groups excluding carboxylic acids is 1. The van der Waals surface area contributed by atoms with Crippen LogP contribution in [-0.4, -0.2) is 27.8 Å². The van der Waals surface area contributed by atoms with Crippen molar-refractivity contribution >= 4 is 11.7 Å². The standard InChI is InChI=1S/C13H13N3O4/c1-20-13(17)12(10-5-3-2-4-6-10)9-15-8-11(7-14-15)16(18)19/h2-8,12H,9H2,1H3. The maximum atomic E-state index is 11.9. The van der Waals surface area contributed by atoms with Crippen LogP contribution >= 0.6 is 0 Å². The van der Waals surface area contributed by atoms with Crippen molar-refractivity contribution < 1.29 is 14.5 Å². The van der Waals surface area contributed by atoms with Crippen molar-refractivity contribution in [2.75, 3.05) is 7.11 Å². The van der Waals surface area contributed by atoms with Crippen molar-refractivity contribution in [3.8, 4) is 0 Å². The number of ether oxygens (including phenoxy) is 1. The molecule has 0 radical (unpaired) electrons. The average Bonchev–Trinajstić information content (AvgIpc) is 2.94. The van der Waals surface area contributed by atoms with Crippen molar-refractivity contribution in [1.82, 2.24) is 9.78 Å². The van der Waals surface area contributed by atoms with Gasteiger partial charge < -0.3 is 4.74 Å². The lowest BCUT2D eigenvalue weighted by molar-refractivity contribution is -0.385. The second-order valence-electron chi connectivity index (χ2n) is 4.16. The molecule has 1 heterocycles. The Balaban J connectivity index is 2.24. The summed E-state index contributed by atoms with van der Waals surface area (Å²) in [6, 6.07) is 9.09. The largest absolute Gasteiger partial charge is 0.468 e. The molecule has 104 valence electrons. The van der Waals surface area contributed by atoms with Gasteiger partial charge in [0.25, 0.3) is 0 Å². The number of benzene rings is 1. The number of aromatic nitrogens is 2. The van der Waals surface area contributed by atoms with Crippen molar-refractivity contribution in [3.05, 3.63) is 58.4 Å². The molecule has 2 aromatic rings. The Morgan fingerprint density at radius 3 is 2.70 bits per heavy atom. The minimum Gasteiger partial charge on any atom is -0.468 e. The summed E-state index contributed by atoms with van der Waals surface area (Å²) >= 11 is 0. The van der Waals surface area contributed by atoms with Crippen molar-refractivity contribution in [2.24, 2.45) is 0 Å². The van der Waals surface area contributed by atoms with Gasteiger partial charge in [-0.2, -0.15) is 5.10 Å². The number of carbonyl (C=O) groups is 1. The van der Waals surface area contributed by atoms with E-state index in [1.807, 2.05) is 18.2 Å². The molecular weight excluding hydrogens is 262 g/mol. The van der Waals surface area contributed by atoms with E-state index in [-0.39, 0.29) is 12.2 Å². The number of rotatable bonds is 5. The molecule has 0 aliphatic heterocycles. The molecule has 0 amide bonds. The van der Waals surface area contributed by atoms with Gasteiger partial charge in [-0.25, -0.2) is 0 Å². The van der Waals surface area contributed by atoms with E-state index in [0.717, 1.165) is 11.8 Å². The zero-order valence-electron chi connectivity index (χ0n) is 10.8. The van der Waals surface area contributed by atoms with E-state index < -0.39 is 16.8 Å². The van der Waals surface area contributed by atoms with Crippen LogP contribution < -0.4 is 0 Å². The van der Waals surface area contributed by atoms with Crippen LogP contribution in [0.15, 0.2) is 42.7 Å². The van der Waals surface area contributed by atoms with Gasteiger partial charge in [0.2, 0.25) is 0 Å². The van der Waals surface area contributed by atoms with E-state index in [1.165, 1.54) is 18.0 Å². The van der Waals surface area contributed by atoms with Gasteiger partial charge in [0.1, 0.15) is 18.3 Å². The highest BCUT2D eigenvalue weighted by atomic mass is 16.6. The van der Waals surface area contributed by atoms with E-state index in [9.17, 15) is 14.9 Å². The number of hydrogen-bond acceptors (Lipinski definition) is 5. The van der Waals surface area contributed by atoms with E-state index in [4.69, 9.17) is 4.74 Å². The van der Waals surface area contributed by atoms with Gasteiger partial charge in [-0.3, -0.25) is 19.6 Å². The fourth-order valence-electron chi connectivity index (χ4n) is 1.88. The molecule has 0 saturated carbocycles. The van der Waals surface area contributed by atoms with Gasteiger partial charge in [-0.15, -0.1) is 0 Å². The summed E-state index contributed by atoms with van der Waals surface area (Å²) in [5, 5.41) is 14.5. The molecule has 0 N–H and O–H groups in total. The summed E-state index contributed by atoms with van der Waals surface area (Å²) in [6.45, 7) is 0.185. The summed E-state index contributed by atoms with van der Waals surface area (Å²) in [5.41, 5.74) is 0.666. The van der Waals surface area contributed by atoms with Gasteiger partial charge in [0.05, 0.1) is 18.6 Å². The van der Waals surface area contributed by atoms with E-state index in [0.29, 0.717) is 0 Å². The quantitative estimate of drug-likeness (QED) is 0.471. The molecule has 1 atom stereocenters.